The zero-order chi connectivity index (χ0) is 29.4. The summed E-state index contributed by atoms with van der Waals surface area (Å²) < 4.78 is 35.1. The Hall–Kier alpha value is -3.08. The third-order valence-corrected chi connectivity index (χ3v) is 8.62. The molecule has 2 amide bonds. The normalized spacial score (nSPS) is 12.1. The molecular formula is C29H33BrClN3O5S. The summed E-state index contributed by atoms with van der Waals surface area (Å²) in [4.78, 5) is 28.5. The van der Waals surface area contributed by atoms with Gasteiger partial charge in [0.15, 0.2) is 0 Å². The van der Waals surface area contributed by atoms with Crippen molar-refractivity contribution in [3.05, 3.63) is 87.9 Å². The molecule has 0 fully saturated rings. The van der Waals surface area contributed by atoms with Gasteiger partial charge in [-0.05, 0) is 60.9 Å². The van der Waals surface area contributed by atoms with E-state index in [1.54, 1.807) is 31.2 Å². The van der Waals surface area contributed by atoms with Crippen LogP contribution in [0.15, 0.2) is 82.2 Å². The molecule has 0 spiro atoms. The molecule has 0 saturated carbocycles. The second kappa shape index (κ2) is 14.0. The third-order valence-electron chi connectivity index (χ3n) is 6.11. The third kappa shape index (κ3) is 7.99. The van der Waals surface area contributed by atoms with Gasteiger partial charge in [-0.3, -0.25) is 13.9 Å². The zero-order valence-electron chi connectivity index (χ0n) is 22.8. The summed E-state index contributed by atoms with van der Waals surface area (Å²) in [5, 5.41) is 3.14. The minimum atomic E-state index is -4.24. The molecule has 3 aromatic rings. The molecule has 0 bridgehead atoms. The van der Waals surface area contributed by atoms with Crippen LogP contribution in [0.4, 0.5) is 5.69 Å². The molecule has 0 aliphatic heterocycles. The molecular weight excluding hydrogens is 618 g/mol. The van der Waals surface area contributed by atoms with Crippen LogP contribution in [0.2, 0.25) is 5.02 Å². The number of anilines is 1. The van der Waals surface area contributed by atoms with E-state index in [4.69, 9.17) is 16.3 Å². The molecule has 11 heteroatoms. The zero-order valence-corrected chi connectivity index (χ0v) is 26.0. The van der Waals surface area contributed by atoms with Crippen LogP contribution in [0.3, 0.4) is 0 Å². The number of hydrogen-bond donors (Lipinski definition) is 1. The standard InChI is InChI=1S/C29H33BrClN3O5S/c1-20(2)17-32-29(36)21(3)33(18-22-9-8-10-23(30)15-22)28(35)19-34(26-16-24(31)13-14-27(26)39-4)40(37,38)25-11-6-5-7-12-25/h5-16,20-21H,17-19H2,1-4H3,(H,32,36)/t21-/m1/s1. The summed E-state index contributed by atoms with van der Waals surface area (Å²) in [5.74, 6) is -0.478. The van der Waals surface area contributed by atoms with E-state index in [0.717, 1.165) is 14.3 Å². The van der Waals surface area contributed by atoms with Crippen LogP contribution in [0, 0.1) is 5.92 Å². The number of ether oxygens (including phenoxy) is 1. The van der Waals surface area contributed by atoms with Gasteiger partial charge in [0.05, 0.1) is 17.7 Å². The van der Waals surface area contributed by atoms with Crippen molar-refractivity contribution in [3.8, 4) is 5.75 Å². The maximum atomic E-state index is 14.0. The van der Waals surface area contributed by atoms with Crippen LogP contribution in [0.5, 0.6) is 5.75 Å². The number of nitrogens with zero attached hydrogens (tertiary/aromatic N) is 2. The second-order valence-electron chi connectivity index (χ2n) is 9.61. The molecule has 3 aromatic carbocycles. The van der Waals surface area contributed by atoms with Crippen molar-refractivity contribution in [2.45, 2.75) is 38.3 Å². The number of nitrogens with one attached hydrogen (secondary N) is 1. The number of rotatable bonds is 12. The number of sulfonamides is 1. The summed E-state index contributed by atoms with van der Waals surface area (Å²) in [6, 6.07) is 18.8. The molecule has 0 aliphatic carbocycles. The van der Waals surface area contributed by atoms with E-state index in [1.807, 2.05) is 38.1 Å². The lowest BCUT2D eigenvalue weighted by atomic mass is 10.1. The lowest BCUT2D eigenvalue weighted by Gasteiger charge is -2.32. The highest BCUT2D eigenvalue weighted by Gasteiger charge is 2.34. The van der Waals surface area contributed by atoms with E-state index in [0.29, 0.717) is 6.54 Å². The fraction of sp³-hybridized carbons (Fsp3) is 0.310. The van der Waals surface area contributed by atoms with E-state index < -0.39 is 28.5 Å². The first kappa shape index (κ1) is 31.4. The van der Waals surface area contributed by atoms with Crippen LogP contribution in [-0.4, -0.2) is 51.4 Å². The Labute approximate surface area is 249 Å². The van der Waals surface area contributed by atoms with Gasteiger partial charge in [-0.2, -0.15) is 0 Å². The van der Waals surface area contributed by atoms with Gasteiger partial charge in [0.2, 0.25) is 11.8 Å². The number of carbonyl (C=O) groups excluding carboxylic acids is 2. The number of halogens is 2. The highest BCUT2D eigenvalue weighted by Crippen LogP contribution is 2.35. The van der Waals surface area contributed by atoms with Crippen LogP contribution in [-0.2, 0) is 26.2 Å². The number of benzene rings is 3. The number of amides is 2. The second-order valence-corrected chi connectivity index (χ2v) is 12.8. The van der Waals surface area contributed by atoms with E-state index in [-0.39, 0.29) is 39.7 Å². The topological polar surface area (TPSA) is 96.0 Å². The van der Waals surface area contributed by atoms with Gasteiger partial charge in [0, 0.05) is 22.6 Å². The lowest BCUT2D eigenvalue weighted by Crippen LogP contribution is -2.51. The largest absolute Gasteiger partial charge is 0.495 e. The molecule has 0 saturated heterocycles. The first-order valence-corrected chi connectivity index (χ1v) is 15.3. The van der Waals surface area contributed by atoms with Crippen molar-refractivity contribution in [1.82, 2.24) is 10.2 Å². The van der Waals surface area contributed by atoms with Crippen LogP contribution in [0.25, 0.3) is 0 Å². The summed E-state index contributed by atoms with van der Waals surface area (Å²) in [7, 11) is -2.83. The van der Waals surface area contributed by atoms with Crippen molar-refractivity contribution in [3.63, 3.8) is 0 Å². The van der Waals surface area contributed by atoms with Crippen molar-refractivity contribution >= 4 is 55.1 Å². The number of carbonyl (C=O) groups is 2. The number of hydrogen-bond acceptors (Lipinski definition) is 5. The molecule has 0 aromatic heterocycles. The smallest absolute Gasteiger partial charge is 0.264 e. The predicted octanol–water partition coefficient (Wildman–Crippen LogP) is 5.50. The van der Waals surface area contributed by atoms with Gasteiger partial charge in [0.1, 0.15) is 18.3 Å². The van der Waals surface area contributed by atoms with E-state index in [1.165, 1.54) is 36.3 Å². The minimum Gasteiger partial charge on any atom is -0.495 e. The Bertz CT molecular complexity index is 1440. The molecule has 3 rings (SSSR count). The van der Waals surface area contributed by atoms with Crippen LogP contribution in [0.1, 0.15) is 26.3 Å². The average molecular weight is 651 g/mol. The van der Waals surface area contributed by atoms with Gasteiger partial charge >= 0.3 is 0 Å². The van der Waals surface area contributed by atoms with Crippen LogP contribution < -0.4 is 14.4 Å². The van der Waals surface area contributed by atoms with Gasteiger partial charge in [-0.1, -0.05) is 71.7 Å². The maximum Gasteiger partial charge on any atom is 0.264 e. The summed E-state index contributed by atoms with van der Waals surface area (Å²) in [6.07, 6.45) is 0. The first-order chi connectivity index (χ1) is 18.9. The van der Waals surface area contributed by atoms with Crippen LogP contribution >= 0.6 is 27.5 Å². The molecule has 40 heavy (non-hydrogen) atoms. The molecule has 0 radical (unpaired) electrons. The molecule has 8 nitrogen and oxygen atoms in total. The predicted molar refractivity (Wildman–Crippen MR) is 161 cm³/mol. The Morgan fingerprint density at radius 2 is 1.70 bits per heavy atom. The molecule has 0 heterocycles. The lowest BCUT2D eigenvalue weighted by molar-refractivity contribution is -0.139. The Morgan fingerprint density at radius 3 is 2.33 bits per heavy atom. The molecule has 214 valence electrons. The molecule has 0 unspecified atom stereocenters. The minimum absolute atomic E-state index is 0.00825. The summed E-state index contributed by atoms with van der Waals surface area (Å²) in [6.45, 7) is 5.50. The van der Waals surface area contributed by atoms with Crippen molar-refractivity contribution in [2.75, 3.05) is 24.5 Å². The SMILES string of the molecule is COc1ccc(Cl)cc1N(CC(=O)N(Cc1cccc(Br)c1)[C@H](C)C(=O)NCC(C)C)S(=O)(=O)c1ccccc1. The van der Waals surface area contributed by atoms with Crippen molar-refractivity contribution < 1.29 is 22.7 Å². The quantitative estimate of drug-likeness (QED) is 0.280. The molecule has 1 atom stereocenters. The molecule has 0 aliphatic rings. The highest BCUT2D eigenvalue weighted by atomic mass is 79.9. The van der Waals surface area contributed by atoms with Crippen molar-refractivity contribution in [2.24, 2.45) is 5.92 Å². The Kier molecular flexibility index (Phi) is 11.0. The van der Waals surface area contributed by atoms with E-state index in [9.17, 15) is 18.0 Å². The Balaban J connectivity index is 2.07. The maximum absolute atomic E-state index is 14.0. The van der Waals surface area contributed by atoms with E-state index in [2.05, 4.69) is 21.2 Å². The van der Waals surface area contributed by atoms with Gasteiger partial charge in [-0.25, -0.2) is 8.42 Å². The number of methoxy groups -OCH3 is 1. The van der Waals surface area contributed by atoms with Gasteiger partial charge in [-0.15, -0.1) is 0 Å². The van der Waals surface area contributed by atoms with Gasteiger partial charge in [0.25, 0.3) is 10.0 Å². The first-order valence-electron chi connectivity index (χ1n) is 12.7. The summed E-state index contributed by atoms with van der Waals surface area (Å²) >= 11 is 9.70. The average Bonchev–Trinajstić information content (AvgIpc) is 2.93. The van der Waals surface area contributed by atoms with Gasteiger partial charge < -0.3 is 15.0 Å². The monoisotopic (exact) mass is 649 g/mol. The fourth-order valence-corrected chi connectivity index (χ4v) is 6.01. The fourth-order valence-electron chi connectivity index (χ4n) is 3.96. The Morgan fingerprint density at radius 1 is 1.00 bits per heavy atom. The van der Waals surface area contributed by atoms with Crippen molar-refractivity contribution in [1.29, 1.82) is 0 Å². The summed E-state index contributed by atoms with van der Waals surface area (Å²) in [5.41, 5.74) is 0.871. The molecule has 1 N–H and O–H groups in total. The van der Waals surface area contributed by atoms with E-state index >= 15 is 0 Å². The highest BCUT2D eigenvalue weighted by molar-refractivity contribution is 9.10.